The van der Waals surface area contributed by atoms with Gasteiger partial charge in [-0.25, -0.2) is 4.79 Å². The van der Waals surface area contributed by atoms with Crippen LogP contribution >= 0.6 is 0 Å². The van der Waals surface area contributed by atoms with Gasteiger partial charge in [0.2, 0.25) is 6.79 Å². The van der Waals surface area contributed by atoms with Crippen molar-refractivity contribution in [2.45, 2.75) is 19.3 Å². The van der Waals surface area contributed by atoms with Crippen LogP contribution in [0, 0.1) is 0 Å². The lowest BCUT2D eigenvalue weighted by atomic mass is 10.1. The molecule has 2 aliphatic rings. The van der Waals surface area contributed by atoms with E-state index in [0.29, 0.717) is 11.5 Å². The van der Waals surface area contributed by atoms with Crippen LogP contribution in [0.3, 0.4) is 0 Å². The van der Waals surface area contributed by atoms with E-state index in [1.807, 2.05) is 18.2 Å². The molecule has 1 amide bonds. The molecule has 4 rings (SSSR count). The molecule has 1 aliphatic heterocycles. The maximum atomic E-state index is 12.0. The van der Waals surface area contributed by atoms with Crippen molar-refractivity contribution in [2.24, 2.45) is 0 Å². The van der Waals surface area contributed by atoms with Gasteiger partial charge in [-0.15, -0.1) is 0 Å². The Labute approximate surface area is 156 Å². The van der Waals surface area contributed by atoms with E-state index < -0.39 is 5.97 Å². The standard InChI is InChI=1S/C21H19NO5/c23-20(22-17-7-6-15-2-1-3-16(15)11-17)12-25-21(24)9-5-14-4-8-18-19(10-14)27-13-26-18/h4-11H,1-3,12-13H2,(H,22,23). The van der Waals surface area contributed by atoms with Crippen molar-refractivity contribution in [2.75, 3.05) is 18.7 Å². The third-order valence-electron chi connectivity index (χ3n) is 4.54. The minimum absolute atomic E-state index is 0.198. The SMILES string of the molecule is O=C(COC(=O)C=Cc1ccc2c(c1)OCO2)Nc1ccc2c(c1)CCC2. The second-order valence-electron chi connectivity index (χ2n) is 6.44. The molecule has 2 aromatic carbocycles. The molecule has 0 aromatic heterocycles. The van der Waals surface area contributed by atoms with Gasteiger partial charge in [0.1, 0.15) is 0 Å². The molecule has 27 heavy (non-hydrogen) atoms. The van der Waals surface area contributed by atoms with Gasteiger partial charge >= 0.3 is 5.97 Å². The van der Waals surface area contributed by atoms with E-state index in [2.05, 4.69) is 5.32 Å². The summed E-state index contributed by atoms with van der Waals surface area (Å²) in [6, 6.07) is 11.3. The highest BCUT2D eigenvalue weighted by atomic mass is 16.7. The van der Waals surface area contributed by atoms with Crippen molar-refractivity contribution in [1.29, 1.82) is 0 Å². The van der Waals surface area contributed by atoms with Crippen molar-refractivity contribution in [3.05, 3.63) is 59.2 Å². The van der Waals surface area contributed by atoms with Crippen LogP contribution in [0.2, 0.25) is 0 Å². The molecule has 6 nitrogen and oxygen atoms in total. The van der Waals surface area contributed by atoms with Gasteiger partial charge in [0.05, 0.1) is 0 Å². The predicted molar refractivity (Wildman–Crippen MR) is 99.7 cm³/mol. The normalized spacial score (nSPS) is 14.2. The number of amides is 1. The van der Waals surface area contributed by atoms with Crippen LogP contribution in [0.4, 0.5) is 5.69 Å². The largest absolute Gasteiger partial charge is 0.454 e. The summed E-state index contributed by atoms with van der Waals surface area (Å²) in [7, 11) is 0. The molecule has 0 unspecified atom stereocenters. The Balaban J connectivity index is 1.27. The average Bonchev–Trinajstić information content (AvgIpc) is 3.32. The van der Waals surface area contributed by atoms with Crippen LogP contribution in [0.15, 0.2) is 42.5 Å². The minimum atomic E-state index is -0.586. The molecule has 0 fully saturated rings. The smallest absolute Gasteiger partial charge is 0.331 e. The molecule has 0 bridgehead atoms. The van der Waals surface area contributed by atoms with Gasteiger partial charge in [-0.1, -0.05) is 12.1 Å². The van der Waals surface area contributed by atoms with Crippen LogP contribution in [-0.2, 0) is 27.2 Å². The van der Waals surface area contributed by atoms with Gasteiger partial charge in [-0.05, 0) is 66.3 Å². The summed E-state index contributed by atoms with van der Waals surface area (Å²) in [5.74, 6) is 0.367. The fourth-order valence-electron chi connectivity index (χ4n) is 3.21. The molecule has 138 valence electrons. The molecule has 1 heterocycles. The van der Waals surface area contributed by atoms with Crippen LogP contribution < -0.4 is 14.8 Å². The first kappa shape index (κ1) is 17.1. The molecule has 0 radical (unpaired) electrons. The van der Waals surface area contributed by atoms with Crippen molar-refractivity contribution in [3.63, 3.8) is 0 Å². The van der Waals surface area contributed by atoms with E-state index in [0.717, 1.165) is 30.5 Å². The van der Waals surface area contributed by atoms with Gasteiger partial charge in [0.15, 0.2) is 18.1 Å². The molecule has 6 heteroatoms. The topological polar surface area (TPSA) is 73.9 Å². The zero-order valence-corrected chi connectivity index (χ0v) is 14.7. The Morgan fingerprint density at radius 1 is 1.04 bits per heavy atom. The number of esters is 1. The number of nitrogens with one attached hydrogen (secondary N) is 1. The monoisotopic (exact) mass is 365 g/mol. The summed E-state index contributed by atoms with van der Waals surface area (Å²) < 4.78 is 15.5. The van der Waals surface area contributed by atoms with E-state index in [9.17, 15) is 9.59 Å². The summed E-state index contributed by atoms with van der Waals surface area (Å²) in [4.78, 5) is 23.8. The highest BCUT2D eigenvalue weighted by molar-refractivity contribution is 5.94. The number of carbonyl (C=O) groups excluding carboxylic acids is 2. The van der Waals surface area contributed by atoms with Crippen LogP contribution in [0.5, 0.6) is 11.5 Å². The van der Waals surface area contributed by atoms with Crippen LogP contribution in [0.1, 0.15) is 23.1 Å². The fraction of sp³-hybridized carbons (Fsp3) is 0.238. The molecule has 2 aromatic rings. The minimum Gasteiger partial charge on any atom is -0.454 e. The quantitative estimate of drug-likeness (QED) is 0.651. The first-order valence-corrected chi connectivity index (χ1v) is 8.83. The van der Waals surface area contributed by atoms with E-state index in [1.165, 1.54) is 17.2 Å². The number of benzene rings is 2. The molecule has 0 spiro atoms. The van der Waals surface area contributed by atoms with E-state index in [1.54, 1.807) is 24.3 Å². The van der Waals surface area contributed by atoms with Crippen LogP contribution in [-0.4, -0.2) is 25.3 Å². The molecule has 1 aliphatic carbocycles. The first-order valence-electron chi connectivity index (χ1n) is 8.83. The fourth-order valence-corrected chi connectivity index (χ4v) is 3.21. The Morgan fingerprint density at radius 2 is 1.89 bits per heavy atom. The van der Waals surface area contributed by atoms with Crippen molar-refractivity contribution in [1.82, 2.24) is 0 Å². The highest BCUT2D eigenvalue weighted by Gasteiger charge is 2.13. The second kappa shape index (κ2) is 7.53. The lowest BCUT2D eigenvalue weighted by Gasteiger charge is -2.07. The third kappa shape index (κ3) is 4.11. The zero-order chi connectivity index (χ0) is 18.6. The predicted octanol–water partition coefficient (Wildman–Crippen LogP) is 3.10. The Kier molecular flexibility index (Phi) is 4.78. The number of hydrogen-bond donors (Lipinski definition) is 1. The summed E-state index contributed by atoms with van der Waals surface area (Å²) in [5.41, 5.74) is 4.12. The number of rotatable bonds is 5. The number of aryl methyl sites for hydroxylation is 2. The number of fused-ring (bicyclic) bond motifs is 2. The second-order valence-corrected chi connectivity index (χ2v) is 6.44. The number of carbonyl (C=O) groups is 2. The molecular weight excluding hydrogens is 346 g/mol. The molecule has 0 saturated heterocycles. The Bertz CT molecular complexity index is 919. The Morgan fingerprint density at radius 3 is 2.81 bits per heavy atom. The summed E-state index contributed by atoms with van der Waals surface area (Å²) >= 11 is 0. The van der Waals surface area contributed by atoms with E-state index >= 15 is 0 Å². The Hall–Kier alpha value is -3.28. The highest BCUT2D eigenvalue weighted by Crippen LogP contribution is 2.32. The van der Waals surface area contributed by atoms with Gasteiger partial charge in [0, 0.05) is 11.8 Å². The summed E-state index contributed by atoms with van der Waals surface area (Å²) in [6.07, 6.45) is 6.17. The molecular formula is C21H19NO5. The average molecular weight is 365 g/mol. The lowest BCUT2D eigenvalue weighted by Crippen LogP contribution is -2.20. The number of anilines is 1. The molecule has 1 N–H and O–H groups in total. The first-order chi connectivity index (χ1) is 13.2. The van der Waals surface area contributed by atoms with Crippen LogP contribution in [0.25, 0.3) is 6.08 Å². The van der Waals surface area contributed by atoms with Gasteiger partial charge in [0.25, 0.3) is 5.91 Å². The van der Waals surface area contributed by atoms with Gasteiger partial charge in [-0.2, -0.15) is 0 Å². The van der Waals surface area contributed by atoms with Crippen molar-refractivity contribution < 1.29 is 23.8 Å². The van der Waals surface area contributed by atoms with Gasteiger partial charge < -0.3 is 19.5 Å². The van der Waals surface area contributed by atoms with E-state index in [4.69, 9.17) is 14.2 Å². The number of hydrogen-bond acceptors (Lipinski definition) is 5. The third-order valence-corrected chi connectivity index (χ3v) is 4.54. The lowest BCUT2D eigenvalue weighted by molar-refractivity contribution is -0.142. The summed E-state index contributed by atoms with van der Waals surface area (Å²) in [6.45, 7) is -0.134. The number of ether oxygens (including phenoxy) is 3. The van der Waals surface area contributed by atoms with Crippen molar-refractivity contribution >= 4 is 23.6 Å². The van der Waals surface area contributed by atoms with E-state index in [-0.39, 0.29) is 19.3 Å². The maximum Gasteiger partial charge on any atom is 0.331 e. The molecule has 0 atom stereocenters. The zero-order valence-electron chi connectivity index (χ0n) is 14.7. The molecule has 0 saturated carbocycles. The van der Waals surface area contributed by atoms with Gasteiger partial charge in [-0.3, -0.25) is 4.79 Å². The van der Waals surface area contributed by atoms with Crippen molar-refractivity contribution in [3.8, 4) is 11.5 Å². The summed E-state index contributed by atoms with van der Waals surface area (Å²) in [5, 5.41) is 2.76. The maximum absolute atomic E-state index is 12.0.